The summed E-state index contributed by atoms with van der Waals surface area (Å²) in [4.78, 5) is 1.38. The predicted octanol–water partition coefficient (Wildman–Crippen LogP) is 4.90. The predicted molar refractivity (Wildman–Crippen MR) is 98.8 cm³/mol. The van der Waals surface area contributed by atoms with E-state index in [4.69, 9.17) is 0 Å². The van der Waals surface area contributed by atoms with Crippen molar-refractivity contribution >= 4 is 27.5 Å². The number of rotatable bonds is 6. The van der Waals surface area contributed by atoms with Crippen molar-refractivity contribution in [2.45, 2.75) is 42.4 Å². The molecular weight excluding hydrogens is 326 g/mol. The van der Waals surface area contributed by atoms with Gasteiger partial charge in [0.15, 0.2) is 0 Å². The Balaban J connectivity index is 2.22. The maximum absolute atomic E-state index is 12.5. The van der Waals surface area contributed by atoms with Crippen molar-refractivity contribution in [3.05, 3.63) is 54.1 Å². The van der Waals surface area contributed by atoms with Gasteiger partial charge in [-0.05, 0) is 60.1 Å². The molecule has 0 atom stereocenters. The Kier molecular flexibility index (Phi) is 5.42. The van der Waals surface area contributed by atoms with Crippen molar-refractivity contribution in [3.8, 4) is 0 Å². The minimum absolute atomic E-state index is 0.0450. The lowest BCUT2D eigenvalue weighted by molar-refractivity contribution is 0.506. The molecule has 0 unspecified atom stereocenters. The van der Waals surface area contributed by atoms with Crippen LogP contribution in [0.15, 0.2) is 58.3 Å². The molecule has 0 bridgehead atoms. The maximum atomic E-state index is 12.5. The summed E-state index contributed by atoms with van der Waals surface area (Å²) in [7, 11) is -3.56. The Morgan fingerprint density at radius 1 is 1.00 bits per heavy atom. The summed E-state index contributed by atoms with van der Waals surface area (Å²) in [5.74, 6) is 0. The molecule has 0 saturated carbocycles. The first-order valence-corrected chi connectivity index (χ1v) is 10.3. The zero-order valence-corrected chi connectivity index (χ0v) is 15.6. The van der Waals surface area contributed by atoms with Gasteiger partial charge in [-0.3, -0.25) is 4.72 Å². The SMILES string of the molecule is CCC(C)(C)c1ccc(S(=O)(=O)Nc2ccc(SC)cc2)cc1. The van der Waals surface area contributed by atoms with Gasteiger partial charge in [0.05, 0.1) is 4.90 Å². The highest BCUT2D eigenvalue weighted by Crippen LogP contribution is 2.28. The van der Waals surface area contributed by atoms with Crippen molar-refractivity contribution in [2.24, 2.45) is 0 Å². The summed E-state index contributed by atoms with van der Waals surface area (Å²) in [5.41, 5.74) is 1.76. The van der Waals surface area contributed by atoms with Crippen LogP contribution in [0.25, 0.3) is 0 Å². The highest BCUT2D eigenvalue weighted by molar-refractivity contribution is 7.98. The standard InChI is InChI=1S/C18H23NO2S2/c1-5-18(2,3)14-6-12-17(13-7-14)23(20,21)19-15-8-10-16(22-4)11-9-15/h6-13,19H,5H2,1-4H3. The lowest BCUT2D eigenvalue weighted by Crippen LogP contribution is -2.16. The van der Waals surface area contributed by atoms with E-state index in [1.807, 2.05) is 30.5 Å². The Hall–Kier alpha value is -1.46. The molecule has 0 spiro atoms. The highest BCUT2D eigenvalue weighted by atomic mass is 32.2. The molecule has 0 aliphatic rings. The second-order valence-corrected chi connectivity index (χ2v) is 8.66. The number of benzene rings is 2. The van der Waals surface area contributed by atoms with Crippen LogP contribution in [-0.2, 0) is 15.4 Å². The summed E-state index contributed by atoms with van der Waals surface area (Å²) >= 11 is 1.62. The smallest absolute Gasteiger partial charge is 0.261 e. The first-order valence-electron chi connectivity index (χ1n) is 7.56. The first-order chi connectivity index (χ1) is 10.8. The van der Waals surface area contributed by atoms with Crippen LogP contribution in [0.2, 0.25) is 0 Å². The molecule has 0 radical (unpaired) electrons. The number of sulfonamides is 1. The van der Waals surface area contributed by atoms with Gasteiger partial charge < -0.3 is 0 Å². The van der Waals surface area contributed by atoms with Gasteiger partial charge >= 0.3 is 0 Å². The Morgan fingerprint density at radius 3 is 2.04 bits per heavy atom. The van der Waals surface area contributed by atoms with E-state index in [1.165, 1.54) is 0 Å². The molecule has 0 amide bonds. The normalized spacial score (nSPS) is 12.2. The molecule has 0 aliphatic heterocycles. The first kappa shape index (κ1) is 17.9. The Bertz CT molecular complexity index is 749. The molecule has 3 nitrogen and oxygen atoms in total. The maximum Gasteiger partial charge on any atom is 0.261 e. The number of anilines is 1. The Morgan fingerprint density at radius 2 is 1.57 bits per heavy atom. The van der Waals surface area contributed by atoms with E-state index in [1.54, 1.807) is 36.0 Å². The third kappa shape index (κ3) is 4.30. The highest BCUT2D eigenvalue weighted by Gasteiger charge is 2.20. The van der Waals surface area contributed by atoms with Crippen molar-refractivity contribution < 1.29 is 8.42 Å². The lowest BCUT2D eigenvalue weighted by atomic mass is 9.82. The van der Waals surface area contributed by atoms with Crippen molar-refractivity contribution in [1.29, 1.82) is 0 Å². The van der Waals surface area contributed by atoms with Gasteiger partial charge in [-0.15, -0.1) is 11.8 Å². The molecule has 5 heteroatoms. The van der Waals surface area contributed by atoms with Crippen LogP contribution in [0.3, 0.4) is 0 Å². The molecule has 0 aromatic heterocycles. The molecule has 124 valence electrons. The summed E-state index contributed by atoms with van der Waals surface area (Å²) in [6.07, 6.45) is 2.98. The molecule has 0 fully saturated rings. The molecule has 0 saturated heterocycles. The van der Waals surface area contributed by atoms with Gasteiger partial charge in [0.25, 0.3) is 10.0 Å². The average molecular weight is 350 g/mol. The summed E-state index contributed by atoms with van der Waals surface area (Å²) in [5, 5.41) is 0. The fourth-order valence-electron chi connectivity index (χ4n) is 2.16. The number of nitrogens with one attached hydrogen (secondary N) is 1. The quantitative estimate of drug-likeness (QED) is 0.755. The van der Waals surface area contributed by atoms with Crippen LogP contribution < -0.4 is 4.72 Å². The fraction of sp³-hybridized carbons (Fsp3) is 0.333. The van der Waals surface area contributed by atoms with Gasteiger partial charge in [-0.2, -0.15) is 0 Å². The van der Waals surface area contributed by atoms with Crippen LogP contribution >= 0.6 is 11.8 Å². The minimum Gasteiger partial charge on any atom is -0.280 e. The zero-order valence-electron chi connectivity index (χ0n) is 14.0. The van der Waals surface area contributed by atoms with Crippen molar-refractivity contribution in [3.63, 3.8) is 0 Å². The largest absolute Gasteiger partial charge is 0.280 e. The topological polar surface area (TPSA) is 46.2 Å². The molecule has 23 heavy (non-hydrogen) atoms. The summed E-state index contributed by atoms with van der Waals surface area (Å²) in [6, 6.07) is 14.5. The van der Waals surface area contributed by atoms with E-state index >= 15 is 0 Å². The minimum atomic E-state index is -3.56. The van der Waals surface area contributed by atoms with Crippen LogP contribution in [0.4, 0.5) is 5.69 Å². The third-order valence-corrected chi connectivity index (χ3v) is 6.31. The van der Waals surface area contributed by atoms with Crippen molar-refractivity contribution in [2.75, 3.05) is 11.0 Å². The van der Waals surface area contributed by atoms with Gasteiger partial charge in [0.2, 0.25) is 0 Å². The van der Waals surface area contributed by atoms with Gasteiger partial charge in [-0.25, -0.2) is 8.42 Å². The second kappa shape index (κ2) is 6.97. The number of thioether (sulfide) groups is 1. The molecule has 1 N–H and O–H groups in total. The molecule has 2 rings (SSSR count). The molecule has 0 aliphatic carbocycles. The van der Waals surface area contributed by atoms with Crippen LogP contribution in [0, 0.1) is 0 Å². The van der Waals surface area contributed by atoms with Crippen LogP contribution in [-0.4, -0.2) is 14.7 Å². The van der Waals surface area contributed by atoms with E-state index in [0.717, 1.165) is 16.9 Å². The molecule has 2 aromatic carbocycles. The van der Waals surface area contributed by atoms with Gasteiger partial charge in [0.1, 0.15) is 0 Å². The number of hydrogen-bond acceptors (Lipinski definition) is 3. The van der Waals surface area contributed by atoms with E-state index in [2.05, 4.69) is 25.5 Å². The molecule has 2 aromatic rings. The zero-order chi connectivity index (χ0) is 17.1. The monoisotopic (exact) mass is 349 g/mol. The summed E-state index contributed by atoms with van der Waals surface area (Å²) in [6.45, 7) is 6.44. The van der Waals surface area contributed by atoms with Gasteiger partial charge in [0, 0.05) is 10.6 Å². The van der Waals surface area contributed by atoms with E-state index in [0.29, 0.717) is 5.69 Å². The summed E-state index contributed by atoms with van der Waals surface area (Å²) < 4.78 is 27.6. The Labute approximate surface area is 143 Å². The lowest BCUT2D eigenvalue weighted by Gasteiger charge is -2.23. The van der Waals surface area contributed by atoms with Gasteiger partial charge in [-0.1, -0.05) is 32.9 Å². The van der Waals surface area contributed by atoms with E-state index in [-0.39, 0.29) is 10.3 Å². The molecular formula is C18H23NO2S2. The van der Waals surface area contributed by atoms with E-state index in [9.17, 15) is 8.42 Å². The fourth-order valence-corrected chi connectivity index (χ4v) is 3.63. The van der Waals surface area contributed by atoms with E-state index < -0.39 is 10.0 Å². The average Bonchev–Trinajstić information content (AvgIpc) is 2.55. The number of hydrogen-bond donors (Lipinski definition) is 1. The second-order valence-electron chi connectivity index (χ2n) is 6.10. The van der Waals surface area contributed by atoms with Crippen LogP contribution in [0.1, 0.15) is 32.8 Å². The molecule has 0 heterocycles. The van der Waals surface area contributed by atoms with Crippen LogP contribution in [0.5, 0.6) is 0 Å². The van der Waals surface area contributed by atoms with Crippen molar-refractivity contribution in [1.82, 2.24) is 0 Å². The third-order valence-electron chi connectivity index (χ3n) is 4.17.